The van der Waals surface area contributed by atoms with Crippen molar-refractivity contribution >= 4 is 35.1 Å². The Labute approximate surface area is 167 Å². The molecule has 0 saturated carbocycles. The summed E-state index contributed by atoms with van der Waals surface area (Å²) in [5, 5.41) is 3.12. The molecular weight excluding hydrogens is 386 g/mol. The Morgan fingerprint density at radius 1 is 1.00 bits per heavy atom. The maximum atomic E-state index is 11.9. The third kappa shape index (κ3) is 6.59. The van der Waals surface area contributed by atoms with Crippen molar-refractivity contribution in [2.45, 2.75) is 20.0 Å². The van der Waals surface area contributed by atoms with Crippen molar-refractivity contribution in [3.05, 3.63) is 59.1 Å². The third-order valence-electron chi connectivity index (χ3n) is 3.48. The number of esters is 2. The van der Waals surface area contributed by atoms with Crippen LogP contribution in [-0.2, 0) is 19.1 Å². The van der Waals surface area contributed by atoms with Crippen LogP contribution >= 0.6 is 11.6 Å². The quantitative estimate of drug-likeness (QED) is 0.676. The van der Waals surface area contributed by atoms with E-state index in [1.807, 2.05) is 0 Å². The summed E-state index contributed by atoms with van der Waals surface area (Å²) in [4.78, 5) is 35.5. The van der Waals surface area contributed by atoms with Gasteiger partial charge in [0.05, 0.1) is 12.2 Å². The average Bonchev–Trinajstić information content (AvgIpc) is 2.68. The van der Waals surface area contributed by atoms with Crippen molar-refractivity contribution < 1.29 is 28.6 Å². The lowest BCUT2D eigenvalue weighted by atomic mass is 10.2. The third-order valence-corrected chi connectivity index (χ3v) is 3.74. The van der Waals surface area contributed by atoms with Gasteiger partial charge in [-0.2, -0.15) is 0 Å². The molecule has 0 aliphatic rings. The van der Waals surface area contributed by atoms with Gasteiger partial charge < -0.3 is 19.5 Å². The first-order chi connectivity index (χ1) is 13.4. The Bertz CT molecular complexity index is 820. The molecule has 2 aromatic carbocycles. The number of carbonyl (C=O) groups is 3. The van der Waals surface area contributed by atoms with E-state index >= 15 is 0 Å². The molecule has 0 fully saturated rings. The van der Waals surface area contributed by atoms with Crippen molar-refractivity contribution in [2.24, 2.45) is 0 Å². The predicted molar refractivity (Wildman–Crippen MR) is 104 cm³/mol. The van der Waals surface area contributed by atoms with Gasteiger partial charge in [-0.05, 0) is 62.4 Å². The van der Waals surface area contributed by atoms with Crippen molar-refractivity contribution in [3.8, 4) is 5.75 Å². The molecule has 8 heteroatoms. The molecule has 1 N–H and O–H groups in total. The number of anilines is 1. The minimum atomic E-state index is -0.891. The minimum Gasteiger partial charge on any atom is -0.479 e. The number of ether oxygens (including phenoxy) is 3. The summed E-state index contributed by atoms with van der Waals surface area (Å²) in [5.41, 5.74) is 0.832. The molecule has 1 amide bonds. The maximum absolute atomic E-state index is 11.9. The molecule has 2 rings (SSSR count). The Morgan fingerprint density at radius 2 is 1.64 bits per heavy atom. The summed E-state index contributed by atoms with van der Waals surface area (Å²) in [6.45, 7) is 3.05. The molecule has 0 heterocycles. The second-order valence-electron chi connectivity index (χ2n) is 5.67. The number of hydrogen-bond donors (Lipinski definition) is 1. The van der Waals surface area contributed by atoms with Crippen molar-refractivity contribution in [3.63, 3.8) is 0 Å². The number of hydrogen-bond acceptors (Lipinski definition) is 6. The summed E-state index contributed by atoms with van der Waals surface area (Å²) in [7, 11) is 0. The standard InChI is InChI=1S/C20H20ClNO6/c1-3-26-20(25)14-4-8-16(9-5-14)22-18(23)12-27-19(24)13(2)28-17-10-6-15(21)7-11-17/h4-11,13H,3,12H2,1-2H3,(H,22,23). The smallest absolute Gasteiger partial charge is 0.347 e. The van der Waals surface area contributed by atoms with Crippen molar-refractivity contribution in [1.29, 1.82) is 0 Å². The molecule has 0 aromatic heterocycles. The first kappa shape index (κ1) is 21.2. The number of rotatable bonds is 8. The normalized spacial score (nSPS) is 11.2. The van der Waals surface area contributed by atoms with Crippen molar-refractivity contribution in [2.75, 3.05) is 18.5 Å². The molecule has 2 aromatic rings. The van der Waals surface area contributed by atoms with Gasteiger partial charge in [0.15, 0.2) is 12.7 Å². The van der Waals surface area contributed by atoms with Crippen LogP contribution in [0, 0.1) is 0 Å². The number of amides is 1. The van der Waals surface area contributed by atoms with Gasteiger partial charge in [-0.3, -0.25) is 4.79 Å². The van der Waals surface area contributed by atoms with E-state index in [0.29, 0.717) is 22.0 Å². The van der Waals surface area contributed by atoms with Gasteiger partial charge >= 0.3 is 11.9 Å². The van der Waals surface area contributed by atoms with E-state index < -0.39 is 30.6 Å². The summed E-state index contributed by atoms with van der Waals surface area (Å²) in [6.07, 6.45) is -0.891. The predicted octanol–water partition coefficient (Wildman–Crippen LogP) is 3.47. The fourth-order valence-electron chi connectivity index (χ4n) is 2.12. The summed E-state index contributed by atoms with van der Waals surface area (Å²) < 4.78 is 15.3. The van der Waals surface area contributed by atoms with E-state index in [9.17, 15) is 14.4 Å². The Balaban J connectivity index is 1.78. The lowest BCUT2D eigenvalue weighted by Gasteiger charge is -2.14. The zero-order valence-corrected chi connectivity index (χ0v) is 16.2. The van der Waals surface area contributed by atoms with Crippen LogP contribution in [0.5, 0.6) is 5.75 Å². The van der Waals surface area contributed by atoms with Crippen LogP contribution < -0.4 is 10.1 Å². The molecule has 0 radical (unpaired) electrons. The van der Waals surface area contributed by atoms with E-state index in [4.69, 9.17) is 25.8 Å². The first-order valence-corrected chi connectivity index (χ1v) is 8.92. The fraction of sp³-hybridized carbons (Fsp3) is 0.250. The topological polar surface area (TPSA) is 90.9 Å². The first-order valence-electron chi connectivity index (χ1n) is 8.55. The van der Waals surface area contributed by atoms with E-state index in [-0.39, 0.29) is 6.61 Å². The zero-order valence-electron chi connectivity index (χ0n) is 15.4. The van der Waals surface area contributed by atoms with Crippen LogP contribution in [0.2, 0.25) is 5.02 Å². The highest BCUT2D eigenvalue weighted by Crippen LogP contribution is 2.17. The maximum Gasteiger partial charge on any atom is 0.347 e. The van der Waals surface area contributed by atoms with Crippen LogP contribution in [0.4, 0.5) is 5.69 Å². The van der Waals surface area contributed by atoms with E-state index in [0.717, 1.165) is 0 Å². The lowest BCUT2D eigenvalue weighted by Crippen LogP contribution is -2.29. The van der Waals surface area contributed by atoms with Gasteiger partial charge in [-0.15, -0.1) is 0 Å². The molecule has 1 atom stereocenters. The van der Waals surface area contributed by atoms with E-state index in [1.54, 1.807) is 43.3 Å². The van der Waals surface area contributed by atoms with Crippen molar-refractivity contribution in [1.82, 2.24) is 0 Å². The molecule has 28 heavy (non-hydrogen) atoms. The molecule has 7 nitrogen and oxygen atoms in total. The minimum absolute atomic E-state index is 0.281. The number of carbonyl (C=O) groups excluding carboxylic acids is 3. The van der Waals surface area contributed by atoms with Crippen LogP contribution in [0.15, 0.2) is 48.5 Å². The van der Waals surface area contributed by atoms with Crippen LogP contribution in [0.3, 0.4) is 0 Å². The Hall–Kier alpha value is -3.06. The second-order valence-corrected chi connectivity index (χ2v) is 6.10. The molecule has 1 unspecified atom stereocenters. The highest BCUT2D eigenvalue weighted by molar-refractivity contribution is 6.30. The summed E-state index contributed by atoms with van der Waals surface area (Å²) >= 11 is 5.79. The molecule has 0 bridgehead atoms. The van der Waals surface area contributed by atoms with Crippen LogP contribution in [0.1, 0.15) is 24.2 Å². The Morgan fingerprint density at radius 3 is 2.25 bits per heavy atom. The summed E-state index contributed by atoms with van der Waals surface area (Å²) in [6, 6.07) is 12.7. The van der Waals surface area contributed by atoms with Gasteiger partial charge in [-0.25, -0.2) is 9.59 Å². The monoisotopic (exact) mass is 405 g/mol. The molecule has 0 spiro atoms. The van der Waals surface area contributed by atoms with Gasteiger partial charge in [0.2, 0.25) is 0 Å². The Kier molecular flexibility index (Phi) is 7.83. The van der Waals surface area contributed by atoms with Gasteiger partial charge in [0.25, 0.3) is 5.91 Å². The zero-order chi connectivity index (χ0) is 20.5. The highest BCUT2D eigenvalue weighted by atomic mass is 35.5. The van der Waals surface area contributed by atoms with Crippen LogP contribution in [0.25, 0.3) is 0 Å². The second kappa shape index (κ2) is 10.3. The number of nitrogens with one attached hydrogen (secondary N) is 1. The largest absolute Gasteiger partial charge is 0.479 e. The molecule has 0 aliphatic carbocycles. The van der Waals surface area contributed by atoms with Gasteiger partial charge in [-0.1, -0.05) is 11.6 Å². The molecule has 148 valence electrons. The molecule has 0 saturated heterocycles. The van der Waals surface area contributed by atoms with Gasteiger partial charge in [0.1, 0.15) is 5.75 Å². The molecule has 0 aliphatic heterocycles. The highest BCUT2D eigenvalue weighted by Gasteiger charge is 2.18. The number of halogens is 1. The SMILES string of the molecule is CCOC(=O)c1ccc(NC(=O)COC(=O)C(C)Oc2ccc(Cl)cc2)cc1. The fourth-order valence-corrected chi connectivity index (χ4v) is 2.25. The summed E-state index contributed by atoms with van der Waals surface area (Å²) in [5.74, 6) is -1.18. The number of benzene rings is 2. The van der Waals surface area contributed by atoms with Crippen LogP contribution in [-0.4, -0.2) is 37.2 Å². The van der Waals surface area contributed by atoms with Gasteiger partial charge in [0, 0.05) is 10.7 Å². The lowest BCUT2D eigenvalue weighted by molar-refractivity contribution is -0.153. The average molecular weight is 406 g/mol. The van der Waals surface area contributed by atoms with E-state index in [2.05, 4.69) is 5.32 Å². The molecular formula is C20H20ClNO6. The van der Waals surface area contributed by atoms with E-state index in [1.165, 1.54) is 19.1 Å².